The summed E-state index contributed by atoms with van der Waals surface area (Å²) in [4.78, 5) is 23.8. The zero-order valence-electron chi connectivity index (χ0n) is 12.7. The summed E-state index contributed by atoms with van der Waals surface area (Å²) in [7, 11) is 1.58. The fourth-order valence-corrected chi connectivity index (χ4v) is 2.28. The van der Waals surface area contributed by atoms with Gasteiger partial charge in [-0.25, -0.2) is 0 Å². The normalized spacial score (nSPS) is 11.5. The van der Waals surface area contributed by atoms with Crippen LogP contribution in [0, 0.1) is 0 Å². The van der Waals surface area contributed by atoms with Gasteiger partial charge in [-0.3, -0.25) is 9.59 Å². The molecule has 0 aliphatic rings. The first kappa shape index (κ1) is 15.8. The van der Waals surface area contributed by atoms with Crippen molar-refractivity contribution in [3.05, 3.63) is 65.7 Å². The highest BCUT2D eigenvalue weighted by Crippen LogP contribution is 2.23. The molecule has 2 rings (SSSR count). The third-order valence-corrected chi connectivity index (χ3v) is 3.36. The van der Waals surface area contributed by atoms with Crippen LogP contribution in [0.4, 0.5) is 0 Å². The molecule has 2 aromatic carbocycles. The Labute approximate surface area is 130 Å². The second-order valence-corrected chi connectivity index (χ2v) is 5.02. The highest BCUT2D eigenvalue weighted by atomic mass is 16.5. The molecule has 114 valence electrons. The van der Waals surface area contributed by atoms with Gasteiger partial charge in [-0.15, -0.1) is 0 Å². The molecule has 0 spiro atoms. The molecule has 0 heterocycles. The van der Waals surface area contributed by atoms with Gasteiger partial charge in [0.15, 0.2) is 5.78 Å². The van der Waals surface area contributed by atoms with Crippen molar-refractivity contribution < 1.29 is 14.3 Å². The third-order valence-electron chi connectivity index (χ3n) is 3.36. The number of amides is 1. The van der Waals surface area contributed by atoms with Crippen LogP contribution >= 0.6 is 0 Å². The summed E-state index contributed by atoms with van der Waals surface area (Å²) in [5.41, 5.74) is 1.49. The largest absolute Gasteiger partial charge is 0.497 e. The van der Waals surface area contributed by atoms with E-state index in [-0.39, 0.29) is 24.2 Å². The molecule has 0 unspecified atom stereocenters. The van der Waals surface area contributed by atoms with Crippen molar-refractivity contribution in [2.24, 2.45) is 0 Å². The van der Waals surface area contributed by atoms with Gasteiger partial charge in [0.2, 0.25) is 5.91 Å². The lowest BCUT2D eigenvalue weighted by Gasteiger charge is -2.18. The number of ether oxygens (including phenoxy) is 1. The minimum atomic E-state index is -0.375. The SMILES string of the molecule is COc1cccc([C@H](CC(=O)c2ccccc2)NC(C)=O)c1. The van der Waals surface area contributed by atoms with E-state index in [4.69, 9.17) is 4.74 Å². The highest BCUT2D eigenvalue weighted by molar-refractivity contribution is 5.96. The molecule has 0 aliphatic carbocycles. The summed E-state index contributed by atoms with van der Waals surface area (Å²) in [5, 5.41) is 2.83. The van der Waals surface area contributed by atoms with Crippen LogP contribution in [0.25, 0.3) is 0 Å². The van der Waals surface area contributed by atoms with E-state index in [1.165, 1.54) is 6.92 Å². The zero-order chi connectivity index (χ0) is 15.9. The lowest BCUT2D eigenvalue weighted by atomic mass is 9.97. The fourth-order valence-electron chi connectivity index (χ4n) is 2.28. The second kappa shape index (κ2) is 7.41. The lowest BCUT2D eigenvalue weighted by molar-refractivity contribution is -0.119. The molecule has 1 amide bonds. The molecule has 1 N–H and O–H groups in total. The minimum absolute atomic E-state index is 0.0119. The molecular formula is C18H19NO3. The Morgan fingerprint density at radius 3 is 2.45 bits per heavy atom. The molecule has 4 heteroatoms. The molecule has 0 aliphatic heterocycles. The minimum Gasteiger partial charge on any atom is -0.497 e. The number of nitrogens with one attached hydrogen (secondary N) is 1. The average Bonchev–Trinajstić information content (AvgIpc) is 2.54. The number of benzene rings is 2. The predicted molar refractivity (Wildman–Crippen MR) is 84.9 cm³/mol. The summed E-state index contributed by atoms with van der Waals surface area (Å²) in [6.07, 6.45) is 0.205. The van der Waals surface area contributed by atoms with Gasteiger partial charge in [-0.05, 0) is 17.7 Å². The van der Waals surface area contributed by atoms with Crippen molar-refractivity contribution in [3.8, 4) is 5.75 Å². The van der Waals surface area contributed by atoms with Gasteiger partial charge in [0, 0.05) is 18.9 Å². The predicted octanol–water partition coefficient (Wildman–Crippen LogP) is 3.15. The molecule has 1 atom stereocenters. The van der Waals surface area contributed by atoms with Gasteiger partial charge in [0.25, 0.3) is 0 Å². The van der Waals surface area contributed by atoms with E-state index in [0.29, 0.717) is 11.3 Å². The van der Waals surface area contributed by atoms with Crippen molar-refractivity contribution in [1.29, 1.82) is 0 Å². The number of methoxy groups -OCH3 is 1. The van der Waals surface area contributed by atoms with Crippen LogP contribution in [0.5, 0.6) is 5.75 Å². The number of carbonyl (C=O) groups excluding carboxylic acids is 2. The second-order valence-electron chi connectivity index (χ2n) is 5.02. The zero-order valence-corrected chi connectivity index (χ0v) is 12.7. The van der Waals surface area contributed by atoms with Crippen LogP contribution in [0.1, 0.15) is 35.3 Å². The number of rotatable bonds is 6. The highest BCUT2D eigenvalue weighted by Gasteiger charge is 2.18. The maximum Gasteiger partial charge on any atom is 0.217 e. The molecule has 0 radical (unpaired) electrons. The first-order valence-corrected chi connectivity index (χ1v) is 7.09. The molecular weight excluding hydrogens is 278 g/mol. The number of hydrogen-bond donors (Lipinski definition) is 1. The van der Waals surface area contributed by atoms with Crippen molar-refractivity contribution >= 4 is 11.7 Å². The van der Waals surface area contributed by atoms with Crippen LogP contribution < -0.4 is 10.1 Å². The third kappa shape index (κ3) is 4.19. The number of carbonyl (C=O) groups is 2. The first-order valence-electron chi connectivity index (χ1n) is 7.09. The van der Waals surface area contributed by atoms with Crippen LogP contribution in [0.3, 0.4) is 0 Å². The Hall–Kier alpha value is -2.62. The molecule has 0 aromatic heterocycles. The van der Waals surface area contributed by atoms with Gasteiger partial charge in [-0.1, -0.05) is 42.5 Å². The molecule has 0 bridgehead atoms. The van der Waals surface area contributed by atoms with Gasteiger partial charge in [0.05, 0.1) is 13.2 Å². The summed E-state index contributed by atoms with van der Waals surface area (Å²) in [5.74, 6) is 0.510. The van der Waals surface area contributed by atoms with Crippen LogP contribution in [0.15, 0.2) is 54.6 Å². The Morgan fingerprint density at radius 2 is 1.82 bits per heavy atom. The Balaban J connectivity index is 2.22. The van der Waals surface area contributed by atoms with E-state index in [9.17, 15) is 9.59 Å². The molecule has 0 saturated carbocycles. The van der Waals surface area contributed by atoms with Gasteiger partial charge >= 0.3 is 0 Å². The molecule has 2 aromatic rings. The van der Waals surface area contributed by atoms with Crippen LogP contribution in [-0.2, 0) is 4.79 Å². The van der Waals surface area contributed by atoms with Crippen LogP contribution in [0.2, 0.25) is 0 Å². The average molecular weight is 297 g/mol. The molecule has 4 nitrogen and oxygen atoms in total. The van der Waals surface area contributed by atoms with Crippen LogP contribution in [-0.4, -0.2) is 18.8 Å². The smallest absolute Gasteiger partial charge is 0.217 e. The topological polar surface area (TPSA) is 55.4 Å². The lowest BCUT2D eigenvalue weighted by Crippen LogP contribution is -2.28. The Morgan fingerprint density at radius 1 is 1.09 bits per heavy atom. The fraction of sp³-hybridized carbons (Fsp3) is 0.222. The first-order chi connectivity index (χ1) is 10.6. The number of Topliss-reactive ketones (excluding diaryl/α,β-unsaturated/α-hetero) is 1. The number of ketones is 1. The van der Waals surface area contributed by atoms with E-state index in [1.54, 1.807) is 19.2 Å². The monoisotopic (exact) mass is 297 g/mol. The van der Waals surface area contributed by atoms with E-state index >= 15 is 0 Å². The maximum absolute atomic E-state index is 12.4. The van der Waals surface area contributed by atoms with E-state index < -0.39 is 0 Å². The van der Waals surface area contributed by atoms with Crippen molar-refractivity contribution in [2.75, 3.05) is 7.11 Å². The van der Waals surface area contributed by atoms with E-state index in [1.807, 2.05) is 42.5 Å². The van der Waals surface area contributed by atoms with Crippen molar-refractivity contribution in [2.45, 2.75) is 19.4 Å². The molecule has 0 saturated heterocycles. The quantitative estimate of drug-likeness (QED) is 0.833. The van der Waals surface area contributed by atoms with E-state index in [2.05, 4.69) is 5.32 Å². The van der Waals surface area contributed by atoms with Gasteiger partial charge in [-0.2, -0.15) is 0 Å². The molecule has 22 heavy (non-hydrogen) atoms. The summed E-state index contributed by atoms with van der Waals surface area (Å²) in [6.45, 7) is 1.44. The van der Waals surface area contributed by atoms with Crippen molar-refractivity contribution in [1.82, 2.24) is 5.32 Å². The number of hydrogen-bond acceptors (Lipinski definition) is 3. The Kier molecular flexibility index (Phi) is 5.31. The maximum atomic E-state index is 12.4. The van der Waals surface area contributed by atoms with Crippen molar-refractivity contribution in [3.63, 3.8) is 0 Å². The van der Waals surface area contributed by atoms with E-state index in [0.717, 1.165) is 5.56 Å². The molecule has 0 fully saturated rings. The summed E-state index contributed by atoms with van der Waals surface area (Å²) in [6, 6.07) is 16.1. The Bertz CT molecular complexity index is 652. The van der Waals surface area contributed by atoms with Gasteiger partial charge in [0.1, 0.15) is 5.75 Å². The summed E-state index contributed by atoms with van der Waals surface area (Å²) < 4.78 is 5.20. The summed E-state index contributed by atoms with van der Waals surface area (Å²) >= 11 is 0. The van der Waals surface area contributed by atoms with Gasteiger partial charge < -0.3 is 10.1 Å². The standard InChI is InChI=1S/C18H19NO3/c1-13(20)19-17(15-9-6-10-16(11-15)22-2)12-18(21)14-7-4-3-5-8-14/h3-11,17H,12H2,1-2H3,(H,19,20)/t17-/m0/s1.